The second-order valence-corrected chi connectivity index (χ2v) is 4.54. The third-order valence-corrected chi connectivity index (χ3v) is 3.23. The van der Waals surface area contributed by atoms with Gasteiger partial charge in [0.15, 0.2) is 0 Å². The van der Waals surface area contributed by atoms with Gasteiger partial charge in [0.2, 0.25) is 0 Å². The van der Waals surface area contributed by atoms with Gasteiger partial charge in [0, 0.05) is 11.6 Å². The van der Waals surface area contributed by atoms with Crippen molar-refractivity contribution in [3.8, 4) is 5.75 Å². The molecule has 2 nitrogen and oxygen atoms in total. The summed E-state index contributed by atoms with van der Waals surface area (Å²) in [6, 6.07) is 6.51. The van der Waals surface area contributed by atoms with E-state index in [1.54, 1.807) is 0 Å². The van der Waals surface area contributed by atoms with Crippen molar-refractivity contribution in [1.82, 2.24) is 0 Å². The van der Waals surface area contributed by atoms with Gasteiger partial charge in [-0.3, -0.25) is 0 Å². The maximum atomic E-state index is 6.23. The lowest BCUT2D eigenvalue weighted by atomic mass is 9.96. The molecule has 0 saturated heterocycles. The van der Waals surface area contributed by atoms with Gasteiger partial charge in [0.25, 0.3) is 0 Å². The molecule has 0 fully saturated rings. The Balaban J connectivity index is 2.19. The molecule has 1 aromatic carbocycles. The Morgan fingerprint density at radius 1 is 1.44 bits per heavy atom. The van der Waals surface area contributed by atoms with Crippen LogP contribution in [-0.2, 0) is 6.42 Å². The van der Waals surface area contributed by atoms with Crippen molar-refractivity contribution in [2.45, 2.75) is 45.1 Å². The number of nitrogens with two attached hydrogens (primary N) is 1. The van der Waals surface area contributed by atoms with Gasteiger partial charge in [0.1, 0.15) is 5.75 Å². The smallest absolute Gasteiger partial charge is 0.127 e. The number of hydrogen-bond donors (Lipinski definition) is 1. The standard InChI is InChI=1S/C14H21NO/c1-2-3-9-13(15)12-8-4-6-11-7-5-10-16-14(11)12/h4,6,8,13H,2-3,5,7,9-10,15H2,1H3. The molecule has 0 aromatic heterocycles. The number of unbranched alkanes of at least 4 members (excludes halogenated alkanes) is 1. The zero-order chi connectivity index (χ0) is 11.4. The van der Waals surface area contributed by atoms with Crippen LogP contribution in [0.4, 0.5) is 0 Å². The van der Waals surface area contributed by atoms with Crippen molar-refractivity contribution in [2.75, 3.05) is 6.61 Å². The first-order valence-corrected chi connectivity index (χ1v) is 6.33. The molecule has 2 rings (SSSR count). The minimum atomic E-state index is 0.132. The molecule has 1 heterocycles. The van der Waals surface area contributed by atoms with E-state index in [0.29, 0.717) is 0 Å². The predicted octanol–water partition coefficient (Wildman–Crippen LogP) is 3.20. The van der Waals surface area contributed by atoms with Crippen LogP contribution in [0.2, 0.25) is 0 Å². The Hall–Kier alpha value is -1.02. The lowest BCUT2D eigenvalue weighted by Crippen LogP contribution is -2.16. The maximum Gasteiger partial charge on any atom is 0.127 e. The quantitative estimate of drug-likeness (QED) is 0.844. The highest BCUT2D eigenvalue weighted by Crippen LogP contribution is 2.33. The fraction of sp³-hybridized carbons (Fsp3) is 0.571. The van der Waals surface area contributed by atoms with E-state index in [-0.39, 0.29) is 6.04 Å². The van der Waals surface area contributed by atoms with Gasteiger partial charge in [-0.15, -0.1) is 0 Å². The molecular formula is C14H21NO. The van der Waals surface area contributed by atoms with Crippen LogP contribution in [0.25, 0.3) is 0 Å². The molecule has 2 heteroatoms. The van der Waals surface area contributed by atoms with Crippen LogP contribution < -0.4 is 10.5 Å². The average molecular weight is 219 g/mol. The number of hydrogen-bond acceptors (Lipinski definition) is 2. The van der Waals surface area contributed by atoms with E-state index in [1.807, 2.05) is 0 Å². The summed E-state index contributed by atoms with van der Waals surface area (Å²) in [7, 11) is 0. The van der Waals surface area contributed by atoms with Crippen molar-refractivity contribution in [3.05, 3.63) is 29.3 Å². The second kappa shape index (κ2) is 5.35. The molecule has 1 atom stereocenters. The second-order valence-electron chi connectivity index (χ2n) is 4.54. The van der Waals surface area contributed by atoms with Gasteiger partial charge in [-0.2, -0.15) is 0 Å². The van der Waals surface area contributed by atoms with E-state index in [0.717, 1.165) is 31.6 Å². The number of para-hydroxylation sites is 1. The van der Waals surface area contributed by atoms with Crippen LogP contribution in [0.3, 0.4) is 0 Å². The Morgan fingerprint density at radius 2 is 2.31 bits per heavy atom. The van der Waals surface area contributed by atoms with Crippen LogP contribution in [0.5, 0.6) is 5.75 Å². The number of fused-ring (bicyclic) bond motifs is 1. The van der Waals surface area contributed by atoms with Gasteiger partial charge < -0.3 is 10.5 Å². The molecule has 0 saturated carbocycles. The van der Waals surface area contributed by atoms with Crippen molar-refractivity contribution >= 4 is 0 Å². The molecule has 88 valence electrons. The SMILES string of the molecule is CCCCC(N)c1cccc2c1OCCC2. The van der Waals surface area contributed by atoms with E-state index in [4.69, 9.17) is 10.5 Å². The summed E-state index contributed by atoms with van der Waals surface area (Å²) in [5.41, 5.74) is 8.75. The third-order valence-electron chi connectivity index (χ3n) is 3.23. The molecule has 0 spiro atoms. The summed E-state index contributed by atoms with van der Waals surface area (Å²) in [6.45, 7) is 3.04. The van der Waals surface area contributed by atoms with Gasteiger partial charge in [-0.1, -0.05) is 38.0 Å². The van der Waals surface area contributed by atoms with Gasteiger partial charge in [-0.25, -0.2) is 0 Å². The predicted molar refractivity (Wildman–Crippen MR) is 66.7 cm³/mol. The van der Waals surface area contributed by atoms with Crippen LogP contribution >= 0.6 is 0 Å². The molecule has 16 heavy (non-hydrogen) atoms. The molecular weight excluding hydrogens is 198 g/mol. The minimum Gasteiger partial charge on any atom is -0.493 e. The van der Waals surface area contributed by atoms with Crippen molar-refractivity contribution in [1.29, 1.82) is 0 Å². The van der Waals surface area contributed by atoms with Gasteiger partial charge in [0.05, 0.1) is 6.61 Å². The maximum absolute atomic E-state index is 6.23. The van der Waals surface area contributed by atoms with E-state index in [9.17, 15) is 0 Å². The summed E-state index contributed by atoms with van der Waals surface area (Å²) in [5.74, 6) is 1.07. The van der Waals surface area contributed by atoms with Gasteiger partial charge >= 0.3 is 0 Å². The molecule has 1 aliphatic rings. The molecule has 1 unspecified atom stereocenters. The summed E-state index contributed by atoms with van der Waals surface area (Å²) < 4.78 is 5.78. The molecule has 1 aromatic rings. The molecule has 1 aliphatic heterocycles. The summed E-state index contributed by atoms with van der Waals surface area (Å²) in [4.78, 5) is 0. The minimum absolute atomic E-state index is 0.132. The fourth-order valence-electron chi connectivity index (χ4n) is 2.29. The summed E-state index contributed by atoms with van der Waals surface area (Å²) in [5, 5.41) is 0. The number of rotatable bonds is 4. The zero-order valence-electron chi connectivity index (χ0n) is 10.0. The third kappa shape index (κ3) is 2.38. The Kier molecular flexibility index (Phi) is 3.83. The first-order chi connectivity index (χ1) is 7.83. The monoisotopic (exact) mass is 219 g/mol. The van der Waals surface area contributed by atoms with Gasteiger partial charge in [-0.05, 0) is 24.8 Å². The molecule has 0 amide bonds. The molecule has 2 N–H and O–H groups in total. The highest BCUT2D eigenvalue weighted by molar-refractivity contribution is 5.44. The first-order valence-electron chi connectivity index (χ1n) is 6.33. The van der Waals surface area contributed by atoms with E-state index < -0.39 is 0 Å². The van der Waals surface area contributed by atoms with Crippen molar-refractivity contribution in [3.63, 3.8) is 0 Å². The van der Waals surface area contributed by atoms with E-state index in [1.165, 1.54) is 24.0 Å². The highest BCUT2D eigenvalue weighted by Gasteiger charge is 2.17. The van der Waals surface area contributed by atoms with Crippen LogP contribution in [0.1, 0.15) is 49.8 Å². The summed E-state index contributed by atoms with van der Waals surface area (Å²) in [6.07, 6.45) is 5.69. The largest absolute Gasteiger partial charge is 0.493 e. The Morgan fingerprint density at radius 3 is 3.12 bits per heavy atom. The van der Waals surface area contributed by atoms with Crippen LogP contribution in [-0.4, -0.2) is 6.61 Å². The molecule has 0 radical (unpaired) electrons. The lowest BCUT2D eigenvalue weighted by molar-refractivity contribution is 0.283. The fourth-order valence-corrected chi connectivity index (χ4v) is 2.29. The number of benzene rings is 1. The van der Waals surface area contributed by atoms with E-state index >= 15 is 0 Å². The topological polar surface area (TPSA) is 35.2 Å². The van der Waals surface area contributed by atoms with Crippen LogP contribution in [0, 0.1) is 0 Å². The Labute approximate surface area is 97.8 Å². The summed E-state index contributed by atoms with van der Waals surface area (Å²) >= 11 is 0. The molecule has 0 bridgehead atoms. The zero-order valence-corrected chi connectivity index (χ0v) is 10.0. The lowest BCUT2D eigenvalue weighted by Gasteiger charge is -2.23. The highest BCUT2D eigenvalue weighted by atomic mass is 16.5. The number of aryl methyl sites for hydroxylation is 1. The van der Waals surface area contributed by atoms with E-state index in [2.05, 4.69) is 25.1 Å². The average Bonchev–Trinajstić information content (AvgIpc) is 2.35. The van der Waals surface area contributed by atoms with Crippen molar-refractivity contribution < 1.29 is 4.74 Å². The molecule has 0 aliphatic carbocycles. The first kappa shape index (κ1) is 11.5. The number of ether oxygens (including phenoxy) is 1. The van der Waals surface area contributed by atoms with Crippen LogP contribution in [0.15, 0.2) is 18.2 Å². The van der Waals surface area contributed by atoms with Crippen molar-refractivity contribution in [2.24, 2.45) is 5.73 Å². The normalized spacial score (nSPS) is 16.4. The Bertz CT molecular complexity index is 349.